The number of nitrogens with one attached hydrogen (secondary N) is 2. The Labute approximate surface area is 122 Å². The molecule has 0 aromatic heterocycles. The minimum absolute atomic E-state index is 0.0118. The molecular weight excluding hydrogens is 274 g/mol. The predicted octanol–water partition coefficient (Wildman–Crippen LogP) is 0.138. The molecule has 7 nitrogen and oxygen atoms in total. The lowest BCUT2D eigenvalue weighted by Crippen LogP contribution is -2.41. The molecule has 1 fully saturated rings. The highest BCUT2D eigenvalue weighted by molar-refractivity contribution is 6.35. The first-order valence-corrected chi connectivity index (χ1v) is 6.67. The van der Waals surface area contributed by atoms with Crippen molar-refractivity contribution in [3.05, 3.63) is 29.8 Å². The molecular formula is C14H17N3O4. The molecule has 0 radical (unpaired) electrons. The lowest BCUT2D eigenvalue weighted by atomic mass is 10.2. The largest absolute Gasteiger partial charge is 0.508 e. The van der Waals surface area contributed by atoms with Gasteiger partial charge in [-0.05, 0) is 42.7 Å². The second kappa shape index (κ2) is 7.39. The number of ether oxygens (including phenoxy) is 1. The van der Waals surface area contributed by atoms with Crippen molar-refractivity contribution in [1.29, 1.82) is 0 Å². The van der Waals surface area contributed by atoms with Crippen molar-refractivity contribution in [3.63, 3.8) is 0 Å². The minimum atomic E-state index is -0.831. The molecule has 2 rings (SSSR count). The Morgan fingerprint density at radius 2 is 2.10 bits per heavy atom. The molecule has 1 heterocycles. The van der Waals surface area contributed by atoms with Gasteiger partial charge >= 0.3 is 11.8 Å². The summed E-state index contributed by atoms with van der Waals surface area (Å²) in [6.07, 6.45) is 3.23. The molecule has 7 heteroatoms. The fraction of sp³-hybridized carbons (Fsp3) is 0.357. The number of carbonyl (C=O) groups excluding carboxylic acids is 2. The molecule has 3 N–H and O–H groups in total. The van der Waals surface area contributed by atoms with Gasteiger partial charge in [-0.15, -0.1) is 0 Å². The Balaban J connectivity index is 1.72. The topological polar surface area (TPSA) is 100 Å². The van der Waals surface area contributed by atoms with E-state index in [0.29, 0.717) is 18.7 Å². The number of phenols is 1. The molecule has 1 aliphatic heterocycles. The van der Waals surface area contributed by atoms with Gasteiger partial charge in [-0.25, -0.2) is 5.43 Å². The summed E-state index contributed by atoms with van der Waals surface area (Å²) in [6.45, 7) is 1.03. The third-order valence-electron chi connectivity index (χ3n) is 2.99. The van der Waals surface area contributed by atoms with Gasteiger partial charge in [-0.3, -0.25) is 9.59 Å². The van der Waals surface area contributed by atoms with E-state index < -0.39 is 11.8 Å². The Kier molecular flexibility index (Phi) is 5.28. The predicted molar refractivity (Wildman–Crippen MR) is 75.8 cm³/mol. The zero-order valence-electron chi connectivity index (χ0n) is 11.4. The monoisotopic (exact) mass is 291 g/mol. The number of nitrogens with zero attached hydrogens (tertiary/aromatic N) is 1. The van der Waals surface area contributed by atoms with Gasteiger partial charge in [0.05, 0.1) is 12.3 Å². The summed E-state index contributed by atoms with van der Waals surface area (Å²) in [6, 6.07) is 6.25. The van der Waals surface area contributed by atoms with E-state index in [1.165, 1.54) is 18.3 Å². The van der Waals surface area contributed by atoms with Crippen LogP contribution in [0.25, 0.3) is 0 Å². The van der Waals surface area contributed by atoms with Crippen LogP contribution in [0.2, 0.25) is 0 Å². The second-order valence-electron chi connectivity index (χ2n) is 4.64. The molecule has 0 spiro atoms. The summed E-state index contributed by atoms with van der Waals surface area (Å²) in [5.74, 6) is -1.43. The molecule has 0 saturated carbocycles. The molecule has 21 heavy (non-hydrogen) atoms. The molecule has 0 unspecified atom stereocenters. The fourth-order valence-electron chi connectivity index (χ4n) is 1.87. The molecule has 1 atom stereocenters. The number of phenolic OH excluding ortho intramolecular Hbond substituents is 1. The van der Waals surface area contributed by atoms with E-state index in [0.717, 1.165) is 12.8 Å². The average Bonchev–Trinajstić information content (AvgIpc) is 3.00. The van der Waals surface area contributed by atoms with E-state index in [-0.39, 0.29) is 11.9 Å². The highest BCUT2D eigenvalue weighted by Gasteiger charge is 2.18. The van der Waals surface area contributed by atoms with Crippen LogP contribution in [-0.2, 0) is 14.3 Å². The first-order chi connectivity index (χ1) is 10.1. The smallest absolute Gasteiger partial charge is 0.329 e. The standard InChI is InChI=1S/C14H17N3O4/c18-11-5-3-10(4-6-11)8-16-17-14(20)13(19)15-9-12-2-1-7-21-12/h3-6,8,12,18H,1-2,7,9H2,(H,15,19)(H,17,20)/b16-8+/t12-/m0/s1. The molecule has 112 valence electrons. The quantitative estimate of drug-likeness (QED) is 0.417. The van der Waals surface area contributed by atoms with Gasteiger partial charge in [0.25, 0.3) is 0 Å². The molecule has 1 aromatic rings. The van der Waals surface area contributed by atoms with Crippen LogP contribution in [-0.4, -0.2) is 42.4 Å². The number of benzene rings is 1. The summed E-state index contributed by atoms with van der Waals surface area (Å²) in [5, 5.41) is 15.3. The summed E-state index contributed by atoms with van der Waals surface area (Å²) in [5.41, 5.74) is 2.82. The number of hydrogen-bond donors (Lipinski definition) is 3. The van der Waals surface area contributed by atoms with Crippen molar-refractivity contribution in [2.24, 2.45) is 5.10 Å². The van der Waals surface area contributed by atoms with Gasteiger partial charge in [0.15, 0.2) is 0 Å². The Hall–Kier alpha value is -2.41. The van der Waals surface area contributed by atoms with Gasteiger partial charge < -0.3 is 15.2 Å². The Morgan fingerprint density at radius 3 is 2.76 bits per heavy atom. The average molecular weight is 291 g/mol. The lowest BCUT2D eigenvalue weighted by molar-refractivity contribution is -0.139. The maximum atomic E-state index is 11.5. The number of hydrogen-bond acceptors (Lipinski definition) is 5. The van der Waals surface area contributed by atoms with E-state index in [1.807, 2.05) is 0 Å². The van der Waals surface area contributed by atoms with E-state index in [1.54, 1.807) is 12.1 Å². The molecule has 0 bridgehead atoms. The van der Waals surface area contributed by atoms with E-state index in [2.05, 4.69) is 15.8 Å². The zero-order valence-corrected chi connectivity index (χ0v) is 11.4. The van der Waals surface area contributed by atoms with Gasteiger partial charge in [0.1, 0.15) is 5.75 Å². The number of hydrazone groups is 1. The highest BCUT2D eigenvalue weighted by atomic mass is 16.5. The number of amides is 2. The van der Waals surface area contributed by atoms with Crippen LogP contribution >= 0.6 is 0 Å². The van der Waals surface area contributed by atoms with Crippen LogP contribution < -0.4 is 10.7 Å². The van der Waals surface area contributed by atoms with Gasteiger partial charge in [-0.2, -0.15) is 5.10 Å². The van der Waals surface area contributed by atoms with Crippen molar-refractivity contribution < 1.29 is 19.4 Å². The maximum absolute atomic E-state index is 11.5. The zero-order chi connectivity index (χ0) is 15.1. The maximum Gasteiger partial charge on any atom is 0.329 e. The van der Waals surface area contributed by atoms with Crippen molar-refractivity contribution in [1.82, 2.24) is 10.7 Å². The van der Waals surface area contributed by atoms with Crippen LogP contribution in [0.1, 0.15) is 18.4 Å². The van der Waals surface area contributed by atoms with Crippen LogP contribution in [0, 0.1) is 0 Å². The molecule has 1 aliphatic rings. The van der Waals surface area contributed by atoms with Crippen LogP contribution in [0.5, 0.6) is 5.75 Å². The van der Waals surface area contributed by atoms with Crippen molar-refractivity contribution in [3.8, 4) is 5.75 Å². The van der Waals surface area contributed by atoms with E-state index in [4.69, 9.17) is 9.84 Å². The number of carbonyl (C=O) groups is 2. The van der Waals surface area contributed by atoms with E-state index in [9.17, 15) is 9.59 Å². The summed E-state index contributed by atoms with van der Waals surface area (Å²) in [7, 11) is 0. The summed E-state index contributed by atoms with van der Waals surface area (Å²) >= 11 is 0. The van der Waals surface area contributed by atoms with Gasteiger partial charge in [0, 0.05) is 13.2 Å². The fourth-order valence-corrected chi connectivity index (χ4v) is 1.87. The van der Waals surface area contributed by atoms with Crippen molar-refractivity contribution >= 4 is 18.0 Å². The molecule has 0 aliphatic carbocycles. The third-order valence-corrected chi connectivity index (χ3v) is 2.99. The summed E-state index contributed by atoms with van der Waals surface area (Å²) in [4.78, 5) is 23.0. The Morgan fingerprint density at radius 1 is 1.33 bits per heavy atom. The third kappa shape index (κ3) is 4.88. The van der Waals surface area contributed by atoms with Crippen molar-refractivity contribution in [2.45, 2.75) is 18.9 Å². The molecule has 1 saturated heterocycles. The van der Waals surface area contributed by atoms with Crippen LogP contribution in [0.4, 0.5) is 0 Å². The van der Waals surface area contributed by atoms with Crippen LogP contribution in [0.3, 0.4) is 0 Å². The highest BCUT2D eigenvalue weighted by Crippen LogP contribution is 2.10. The minimum Gasteiger partial charge on any atom is -0.508 e. The second-order valence-corrected chi connectivity index (χ2v) is 4.64. The SMILES string of the molecule is O=C(NC[C@@H]1CCCO1)C(=O)N/N=C/c1ccc(O)cc1. The van der Waals surface area contributed by atoms with Gasteiger partial charge in [-0.1, -0.05) is 0 Å². The normalized spacial score (nSPS) is 17.8. The first-order valence-electron chi connectivity index (χ1n) is 6.67. The number of rotatable bonds is 4. The molecule has 2 amide bonds. The van der Waals surface area contributed by atoms with Gasteiger partial charge in [0.2, 0.25) is 0 Å². The number of aromatic hydroxyl groups is 1. The summed E-state index contributed by atoms with van der Waals surface area (Å²) < 4.78 is 5.34. The van der Waals surface area contributed by atoms with E-state index >= 15 is 0 Å². The van der Waals surface area contributed by atoms with Crippen LogP contribution in [0.15, 0.2) is 29.4 Å². The van der Waals surface area contributed by atoms with Crippen molar-refractivity contribution in [2.75, 3.05) is 13.2 Å². The Bertz CT molecular complexity index is 522. The first kappa shape index (κ1) is 15.0. The molecule has 1 aromatic carbocycles. The lowest BCUT2D eigenvalue weighted by Gasteiger charge is -2.09.